The summed E-state index contributed by atoms with van der Waals surface area (Å²) in [5, 5.41) is 8.51. The van der Waals surface area contributed by atoms with Gasteiger partial charge in [0, 0.05) is 12.4 Å². The van der Waals surface area contributed by atoms with Gasteiger partial charge in [-0.25, -0.2) is 8.78 Å². The molecular weight excluding hydrogens is 230 g/mol. The average Bonchev–Trinajstić information content (AvgIpc) is 2.03. The predicted molar refractivity (Wildman–Crippen MR) is 41.6 cm³/mol. The van der Waals surface area contributed by atoms with E-state index in [0.717, 1.165) is 6.20 Å². The van der Waals surface area contributed by atoms with Crippen molar-refractivity contribution in [3.63, 3.8) is 0 Å². The molecule has 0 saturated heterocycles. The molecule has 0 saturated carbocycles. The van der Waals surface area contributed by atoms with Gasteiger partial charge in [-0.15, -0.1) is 0 Å². The van der Waals surface area contributed by atoms with E-state index in [1.165, 1.54) is 6.20 Å². The highest BCUT2D eigenvalue weighted by molar-refractivity contribution is 9.10. The van der Waals surface area contributed by atoms with E-state index in [0.29, 0.717) is 4.47 Å². The van der Waals surface area contributed by atoms with Crippen LogP contribution in [0.3, 0.4) is 0 Å². The number of nitrogens with zero attached hydrogens (tertiary/aromatic N) is 2. The molecule has 0 atom stereocenters. The lowest BCUT2D eigenvalue weighted by Crippen LogP contribution is -1.92. The second-order valence-corrected chi connectivity index (χ2v) is 2.85. The van der Waals surface area contributed by atoms with E-state index in [1.54, 1.807) is 6.07 Å². The van der Waals surface area contributed by atoms with Gasteiger partial charge in [-0.1, -0.05) is 0 Å². The lowest BCUT2D eigenvalue weighted by molar-refractivity contribution is 0.150. The Labute approximate surface area is 76.0 Å². The number of rotatable bonds is 1. The first kappa shape index (κ1) is 9.07. The molecule has 1 heterocycles. The van der Waals surface area contributed by atoms with Crippen molar-refractivity contribution >= 4 is 15.9 Å². The number of hydrogen-bond acceptors (Lipinski definition) is 2. The largest absolute Gasteiger partial charge is 0.266 e. The molecule has 0 aliphatic rings. The normalized spacial score (nSPS) is 9.92. The number of halogens is 3. The van der Waals surface area contributed by atoms with Gasteiger partial charge in [0.05, 0.1) is 15.6 Å². The molecule has 0 radical (unpaired) electrons. The Bertz CT molecular complexity index is 333. The number of alkyl halides is 2. The van der Waals surface area contributed by atoms with Gasteiger partial charge in [0.1, 0.15) is 6.07 Å². The van der Waals surface area contributed by atoms with Gasteiger partial charge in [-0.05, 0) is 15.9 Å². The fourth-order valence-corrected chi connectivity index (χ4v) is 1.17. The van der Waals surface area contributed by atoms with Crippen molar-refractivity contribution < 1.29 is 8.78 Å². The maximum Gasteiger partial charge on any atom is 0.266 e. The minimum Gasteiger partial charge on any atom is -0.263 e. The maximum atomic E-state index is 12.2. The van der Waals surface area contributed by atoms with Gasteiger partial charge >= 0.3 is 0 Å². The van der Waals surface area contributed by atoms with Gasteiger partial charge in [-0.2, -0.15) is 5.26 Å². The van der Waals surface area contributed by atoms with Crippen LogP contribution in [-0.4, -0.2) is 4.98 Å². The summed E-state index contributed by atoms with van der Waals surface area (Å²) in [7, 11) is 0. The van der Waals surface area contributed by atoms with E-state index in [2.05, 4.69) is 20.9 Å². The van der Waals surface area contributed by atoms with Gasteiger partial charge in [0.2, 0.25) is 0 Å². The zero-order valence-electron chi connectivity index (χ0n) is 5.76. The Morgan fingerprint density at radius 2 is 2.17 bits per heavy atom. The third kappa shape index (κ3) is 1.59. The van der Waals surface area contributed by atoms with E-state index < -0.39 is 6.43 Å². The first-order valence-corrected chi connectivity index (χ1v) is 3.77. The highest BCUT2D eigenvalue weighted by Crippen LogP contribution is 2.26. The van der Waals surface area contributed by atoms with Crippen molar-refractivity contribution in [2.24, 2.45) is 0 Å². The van der Waals surface area contributed by atoms with Crippen LogP contribution in [0.25, 0.3) is 0 Å². The molecule has 5 heteroatoms. The fourth-order valence-electron chi connectivity index (χ4n) is 0.733. The highest BCUT2D eigenvalue weighted by atomic mass is 79.9. The number of aromatic nitrogens is 1. The average molecular weight is 233 g/mol. The van der Waals surface area contributed by atoms with Crippen LogP contribution in [-0.2, 0) is 0 Å². The molecule has 0 bridgehead atoms. The van der Waals surface area contributed by atoms with Gasteiger partial charge in [-0.3, -0.25) is 4.98 Å². The van der Waals surface area contributed by atoms with Crippen LogP contribution in [0, 0.1) is 11.3 Å². The number of nitriles is 1. The van der Waals surface area contributed by atoms with E-state index in [4.69, 9.17) is 5.26 Å². The molecule has 0 N–H and O–H groups in total. The SMILES string of the molecule is N#Cc1c(Br)cncc1C(F)F. The second kappa shape index (κ2) is 3.59. The van der Waals surface area contributed by atoms with Crippen LogP contribution in [0.4, 0.5) is 8.78 Å². The van der Waals surface area contributed by atoms with Crippen LogP contribution in [0.15, 0.2) is 16.9 Å². The minimum absolute atomic E-state index is 0.0556. The quantitative estimate of drug-likeness (QED) is 0.747. The zero-order valence-corrected chi connectivity index (χ0v) is 7.35. The standard InChI is InChI=1S/C7H3BrF2N2/c8-6-3-12-2-5(7(9)10)4(6)1-11/h2-3,7H. The Hall–Kier alpha value is -1.02. The molecule has 0 fully saturated rings. The van der Waals surface area contributed by atoms with Crippen molar-refractivity contribution in [2.75, 3.05) is 0 Å². The molecule has 0 spiro atoms. The smallest absolute Gasteiger partial charge is 0.263 e. The predicted octanol–water partition coefficient (Wildman–Crippen LogP) is 2.65. The fraction of sp³-hybridized carbons (Fsp3) is 0.143. The van der Waals surface area contributed by atoms with Crippen molar-refractivity contribution in [3.05, 3.63) is 28.0 Å². The zero-order chi connectivity index (χ0) is 9.14. The highest BCUT2D eigenvalue weighted by Gasteiger charge is 2.15. The van der Waals surface area contributed by atoms with E-state index in [9.17, 15) is 8.78 Å². The first-order valence-electron chi connectivity index (χ1n) is 2.98. The number of pyridine rings is 1. The Morgan fingerprint density at radius 3 is 2.58 bits per heavy atom. The molecule has 1 aromatic rings. The lowest BCUT2D eigenvalue weighted by Gasteiger charge is -2.01. The summed E-state index contributed by atoms with van der Waals surface area (Å²) in [6.45, 7) is 0. The summed E-state index contributed by atoms with van der Waals surface area (Å²) in [5.74, 6) is 0. The molecule has 0 amide bonds. The molecule has 2 nitrogen and oxygen atoms in total. The van der Waals surface area contributed by atoms with Crippen LogP contribution in [0.1, 0.15) is 17.6 Å². The molecule has 0 aliphatic heterocycles. The van der Waals surface area contributed by atoms with Crippen molar-refractivity contribution in [2.45, 2.75) is 6.43 Å². The van der Waals surface area contributed by atoms with Gasteiger partial charge < -0.3 is 0 Å². The monoisotopic (exact) mass is 232 g/mol. The Balaban J connectivity index is 3.30. The lowest BCUT2D eigenvalue weighted by atomic mass is 10.2. The molecule has 1 aromatic heterocycles. The van der Waals surface area contributed by atoms with E-state index in [-0.39, 0.29) is 11.1 Å². The van der Waals surface area contributed by atoms with Gasteiger partial charge in [0.25, 0.3) is 6.43 Å². The number of hydrogen-bond donors (Lipinski definition) is 0. The first-order chi connectivity index (χ1) is 5.66. The molecule has 12 heavy (non-hydrogen) atoms. The summed E-state index contributed by atoms with van der Waals surface area (Å²) in [6.07, 6.45) is -0.358. The molecule has 62 valence electrons. The summed E-state index contributed by atoms with van der Waals surface area (Å²) in [4.78, 5) is 3.54. The van der Waals surface area contributed by atoms with Crippen LogP contribution in [0.5, 0.6) is 0 Å². The minimum atomic E-state index is -2.66. The van der Waals surface area contributed by atoms with Gasteiger partial charge in [0.15, 0.2) is 0 Å². The van der Waals surface area contributed by atoms with E-state index in [1.807, 2.05) is 0 Å². The third-order valence-corrected chi connectivity index (χ3v) is 1.88. The summed E-state index contributed by atoms with van der Waals surface area (Å²) >= 11 is 2.96. The summed E-state index contributed by atoms with van der Waals surface area (Å²) in [5.41, 5.74) is -0.396. The summed E-state index contributed by atoms with van der Waals surface area (Å²) in [6, 6.07) is 1.68. The van der Waals surface area contributed by atoms with Crippen LogP contribution in [0.2, 0.25) is 0 Å². The van der Waals surface area contributed by atoms with Crippen LogP contribution < -0.4 is 0 Å². The van der Waals surface area contributed by atoms with E-state index >= 15 is 0 Å². The molecule has 0 aliphatic carbocycles. The topological polar surface area (TPSA) is 36.7 Å². The molecule has 0 aromatic carbocycles. The van der Waals surface area contributed by atoms with Crippen molar-refractivity contribution in [3.8, 4) is 6.07 Å². The Kier molecular flexibility index (Phi) is 2.71. The Morgan fingerprint density at radius 1 is 1.50 bits per heavy atom. The maximum absolute atomic E-state index is 12.2. The molecule has 0 unspecified atom stereocenters. The van der Waals surface area contributed by atoms with Crippen molar-refractivity contribution in [1.29, 1.82) is 5.26 Å². The second-order valence-electron chi connectivity index (χ2n) is 2.00. The molecular formula is C7H3BrF2N2. The van der Waals surface area contributed by atoms with Crippen LogP contribution >= 0.6 is 15.9 Å². The summed E-state index contributed by atoms with van der Waals surface area (Å²) < 4.78 is 24.7. The van der Waals surface area contributed by atoms with Crippen molar-refractivity contribution in [1.82, 2.24) is 4.98 Å². The third-order valence-electron chi connectivity index (χ3n) is 1.28. The molecule has 1 rings (SSSR count).